The van der Waals surface area contributed by atoms with Crippen LogP contribution in [0.1, 0.15) is 0 Å². The Balaban J connectivity index is 2.00. The van der Waals surface area contributed by atoms with Crippen LogP contribution in [0.25, 0.3) is 0 Å². The van der Waals surface area contributed by atoms with Crippen molar-refractivity contribution in [1.82, 2.24) is 0 Å². The average Bonchev–Trinajstić information content (AvgIpc) is 2.93. The molecule has 4 N–H and O–H groups in total. The Hall–Kier alpha value is -6.32. The summed E-state index contributed by atoms with van der Waals surface area (Å²) in [5.41, 5.74) is -2.24. The molecule has 16 nitrogen and oxygen atoms in total. The highest BCUT2D eigenvalue weighted by molar-refractivity contribution is 5.75. The summed E-state index contributed by atoms with van der Waals surface area (Å²) >= 11 is 0. The van der Waals surface area contributed by atoms with Crippen LogP contribution < -0.4 is 21.3 Å². The maximum absolute atomic E-state index is 11.8. The number of rotatable bonds is 12. The van der Waals surface area contributed by atoms with Gasteiger partial charge in [0.05, 0.1) is 19.7 Å². The van der Waals surface area contributed by atoms with Crippen LogP contribution in [0.3, 0.4) is 0 Å². The van der Waals surface area contributed by atoms with E-state index in [1.807, 2.05) is 0 Å². The van der Waals surface area contributed by atoms with Gasteiger partial charge in [0, 0.05) is 24.3 Å². The molecule has 0 fully saturated rings. The fraction of sp³-hybridized carbons (Fsp3) is 0.0400. The van der Waals surface area contributed by atoms with Gasteiger partial charge in [-0.3, -0.25) is 40.5 Å². The molecule has 0 spiro atoms. The number of nitro benzene ring substituents is 4. The van der Waals surface area contributed by atoms with Gasteiger partial charge in [-0.05, 0) is 24.3 Å². The van der Waals surface area contributed by atoms with Crippen molar-refractivity contribution in [2.24, 2.45) is 0 Å². The van der Waals surface area contributed by atoms with Crippen LogP contribution in [0.15, 0.2) is 97.1 Å². The van der Waals surface area contributed by atoms with E-state index in [4.69, 9.17) is 0 Å². The van der Waals surface area contributed by atoms with E-state index in [1.54, 1.807) is 0 Å². The first-order valence-corrected chi connectivity index (χ1v) is 11.7. The Morgan fingerprint density at radius 3 is 0.780 bits per heavy atom. The molecule has 0 atom stereocenters. The molecule has 0 saturated carbocycles. The maximum atomic E-state index is 11.8. The van der Waals surface area contributed by atoms with E-state index < -0.39 is 48.4 Å². The quantitative estimate of drug-likeness (QED) is 0.0933. The zero-order chi connectivity index (χ0) is 29.6. The second kappa shape index (κ2) is 11.6. The van der Waals surface area contributed by atoms with Gasteiger partial charge in [-0.25, -0.2) is 0 Å². The lowest BCUT2D eigenvalue weighted by Gasteiger charge is -2.39. The summed E-state index contributed by atoms with van der Waals surface area (Å²) in [6, 6.07) is 21.6. The van der Waals surface area contributed by atoms with Gasteiger partial charge in [-0.1, -0.05) is 48.5 Å². The van der Waals surface area contributed by atoms with Crippen LogP contribution in [-0.2, 0) is 0 Å². The van der Waals surface area contributed by atoms with Crippen molar-refractivity contribution in [2.75, 3.05) is 21.3 Å². The highest BCUT2D eigenvalue weighted by atomic mass is 16.6. The molecule has 0 saturated heterocycles. The maximum Gasteiger partial charge on any atom is 0.292 e. The molecule has 4 rings (SSSR count). The normalized spacial score (nSPS) is 10.7. The zero-order valence-corrected chi connectivity index (χ0v) is 20.8. The molecule has 0 aliphatic carbocycles. The average molecular weight is 560 g/mol. The molecule has 0 aliphatic rings. The molecular formula is C25H20N8O8. The molecule has 0 amide bonds. The third kappa shape index (κ3) is 6.23. The number of nitrogens with zero attached hydrogens (tertiary/aromatic N) is 4. The topological polar surface area (TPSA) is 221 Å². The van der Waals surface area contributed by atoms with Crippen LogP contribution in [-0.4, -0.2) is 25.6 Å². The fourth-order valence-corrected chi connectivity index (χ4v) is 3.95. The summed E-state index contributed by atoms with van der Waals surface area (Å²) in [6.07, 6.45) is 0. The van der Waals surface area contributed by atoms with E-state index in [2.05, 4.69) is 21.3 Å². The Labute approximate surface area is 230 Å². The third-order valence-corrected chi connectivity index (χ3v) is 5.69. The van der Waals surface area contributed by atoms with Crippen molar-refractivity contribution < 1.29 is 19.7 Å². The van der Waals surface area contributed by atoms with E-state index in [9.17, 15) is 40.5 Å². The Bertz CT molecular complexity index is 1400. The number of nitro groups is 4. The number of anilines is 4. The van der Waals surface area contributed by atoms with E-state index in [1.165, 1.54) is 97.1 Å². The van der Waals surface area contributed by atoms with Gasteiger partial charge in [-0.2, -0.15) is 0 Å². The molecule has 4 aromatic rings. The second-order valence-corrected chi connectivity index (χ2v) is 8.35. The fourth-order valence-electron chi connectivity index (χ4n) is 3.95. The summed E-state index contributed by atoms with van der Waals surface area (Å²) in [5, 5.41) is 58.8. The summed E-state index contributed by atoms with van der Waals surface area (Å²) in [7, 11) is 0. The first kappa shape index (κ1) is 27.7. The van der Waals surface area contributed by atoms with Crippen molar-refractivity contribution in [3.63, 3.8) is 0 Å². The molecule has 0 unspecified atom stereocenters. The molecule has 0 heterocycles. The smallest absolute Gasteiger partial charge is 0.292 e. The molecule has 4 aromatic carbocycles. The number of para-hydroxylation sites is 8. The van der Waals surface area contributed by atoms with E-state index in [0.29, 0.717) is 0 Å². The summed E-state index contributed by atoms with van der Waals surface area (Å²) in [6.45, 7) is 0. The highest BCUT2D eigenvalue weighted by Crippen LogP contribution is 2.36. The van der Waals surface area contributed by atoms with Crippen molar-refractivity contribution in [3.05, 3.63) is 138 Å². The minimum Gasteiger partial charge on any atom is -0.322 e. The van der Waals surface area contributed by atoms with Gasteiger partial charge in [0.25, 0.3) is 28.7 Å². The Morgan fingerprint density at radius 1 is 0.390 bits per heavy atom. The van der Waals surface area contributed by atoms with E-state index >= 15 is 0 Å². The van der Waals surface area contributed by atoms with E-state index in [0.717, 1.165) is 0 Å². The minimum atomic E-state index is -2.20. The van der Waals surface area contributed by atoms with Crippen molar-refractivity contribution in [1.29, 1.82) is 0 Å². The van der Waals surface area contributed by atoms with Crippen molar-refractivity contribution >= 4 is 45.5 Å². The lowest BCUT2D eigenvalue weighted by Crippen LogP contribution is -2.59. The number of hydrogen-bond acceptors (Lipinski definition) is 12. The van der Waals surface area contributed by atoms with Crippen LogP contribution in [0.4, 0.5) is 45.5 Å². The molecule has 0 aromatic heterocycles. The van der Waals surface area contributed by atoms with Gasteiger partial charge in [0.15, 0.2) is 0 Å². The molecule has 41 heavy (non-hydrogen) atoms. The lowest BCUT2D eigenvalue weighted by atomic mass is 10.2. The summed E-state index contributed by atoms with van der Waals surface area (Å²) in [4.78, 5) is 44.7. The minimum absolute atomic E-state index is 0.138. The van der Waals surface area contributed by atoms with Crippen LogP contribution in [0.2, 0.25) is 0 Å². The molecule has 0 radical (unpaired) electrons. The zero-order valence-electron chi connectivity index (χ0n) is 20.8. The first-order valence-electron chi connectivity index (χ1n) is 11.7. The molecule has 16 heteroatoms. The largest absolute Gasteiger partial charge is 0.322 e. The predicted octanol–water partition coefficient (Wildman–Crippen LogP) is 5.68. The standard InChI is InChI=1S/C25H20N8O8/c34-30(35)21-13-5-1-9-17(21)26-25(27-18-10-2-6-14-22(18)31(36)37,28-19-11-3-7-15-23(19)32(38)39)29-20-12-4-8-16-24(20)33(40)41/h1-16,26-29H. The van der Waals surface area contributed by atoms with Gasteiger partial charge >= 0.3 is 0 Å². The summed E-state index contributed by atoms with van der Waals surface area (Å²) in [5.74, 6) is -2.20. The van der Waals surface area contributed by atoms with Crippen LogP contribution >= 0.6 is 0 Å². The predicted molar refractivity (Wildman–Crippen MR) is 150 cm³/mol. The monoisotopic (exact) mass is 560 g/mol. The lowest BCUT2D eigenvalue weighted by molar-refractivity contribution is -0.384. The highest BCUT2D eigenvalue weighted by Gasteiger charge is 2.38. The van der Waals surface area contributed by atoms with Crippen molar-refractivity contribution in [2.45, 2.75) is 5.91 Å². The molecule has 0 bridgehead atoms. The Kier molecular flexibility index (Phi) is 7.84. The number of benzene rings is 4. The van der Waals surface area contributed by atoms with Gasteiger partial charge in [0.2, 0.25) is 0 Å². The Morgan fingerprint density at radius 2 is 0.585 bits per heavy atom. The van der Waals surface area contributed by atoms with Gasteiger partial charge in [0.1, 0.15) is 22.7 Å². The molecule has 0 aliphatic heterocycles. The van der Waals surface area contributed by atoms with Gasteiger partial charge < -0.3 is 21.3 Å². The molecule has 208 valence electrons. The molecular weight excluding hydrogens is 540 g/mol. The number of nitrogens with one attached hydrogen (secondary N) is 4. The number of hydrogen-bond donors (Lipinski definition) is 4. The summed E-state index contributed by atoms with van der Waals surface area (Å²) < 4.78 is 0. The first-order chi connectivity index (χ1) is 19.6. The van der Waals surface area contributed by atoms with Crippen molar-refractivity contribution in [3.8, 4) is 0 Å². The van der Waals surface area contributed by atoms with Crippen LogP contribution in [0, 0.1) is 40.5 Å². The third-order valence-electron chi connectivity index (χ3n) is 5.69. The van der Waals surface area contributed by atoms with Gasteiger partial charge in [-0.15, -0.1) is 0 Å². The SMILES string of the molecule is O=[N+]([O-])c1ccccc1NC(Nc1ccccc1[N+](=O)[O-])(Nc1ccccc1[N+](=O)[O-])Nc1ccccc1[N+](=O)[O-]. The van der Waals surface area contributed by atoms with E-state index in [-0.39, 0.29) is 22.7 Å². The second-order valence-electron chi connectivity index (χ2n) is 8.35. The van der Waals surface area contributed by atoms with Crippen LogP contribution in [0.5, 0.6) is 0 Å².